The summed E-state index contributed by atoms with van der Waals surface area (Å²) in [5, 5.41) is 3.12. The van der Waals surface area contributed by atoms with E-state index in [1.165, 1.54) is 32.4 Å². The largest absolute Gasteiger partial charge is 0.350 e. The van der Waals surface area contributed by atoms with E-state index in [0.29, 0.717) is 23.6 Å². The molecule has 0 aromatic carbocycles. The highest BCUT2D eigenvalue weighted by Crippen LogP contribution is 2.29. The Morgan fingerprint density at radius 3 is 2.30 bits per heavy atom. The number of carbonyl (C=O) groups is 1. The number of hydrogen-bond donors (Lipinski definition) is 1. The molecule has 1 aliphatic rings. The van der Waals surface area contributed by atoms with Crippen molar-refractivity contribution in [3.05, 3.63) is 12.2 Å². The second kappa shape index (κ2) is 8.46. The van der Waals surface area contributed by atoms with E-state index >= 15 is 0 Å². The molecule has 0 heterocycles. The number of nitrogens with zero attached hydrogens (tertiary/aromatic N) is 1. The minimum atomic E-state index is 0.0135. The summed E-state index contributed by atoms with van der Waals surface area (Å²) >= 11 is 0. The van der Waals surface area contributed by atoms with Crippen LogP contribution in [0.3, 0.4) is 0 Å². The highest BCUT2D eigenvalue weighted by atomic mass is 16.1. The smallest absolute Gasteiger partial charge is 0.246 e. The van der Waals surface area contributed by atoms with E-state index in [0.717, 1.165) is 12.8 Å². The molecule has 0 radical (unpaired) electrons. The number of amides is 1. The Balaban J connectivity index is 2.53. The monoisotopic (exact) mass is 280 g/mol. The summed E-state index contributed by atoms with van der Waals surface area (Å²) in [4.78, 5) is 14.4. The predicted molar refractivity (Wildman–Crippen MR) is 85.7 cm³/mol. The Morgan fingerprint density at radius 1 is 1.25 bits per heavy atom. The lowest BCUT2D eigenvalue weighted by atomic mass is 9.81. The molecule has 3 heteroatoms. The van der Waals surface area contributed by atoms with Gasteiger partial charge in [-0.1, -0.05) is 27.4 Å². The van der Waals surface area contributed by atoms with Crippen molar-refractivity contribution >= 4 is 5.91 Å². The molecule has 3 atom stereocenters. The standard InChI is InChI=1S/C17H32N2O/c1-6-10-19(11-7-2)16-9-8-15(12-14(16)5)18-17(20)13(3)4/h14-16H,3,6-12H2,1-2,4-5H3,(H,18,20). The van der Waals surface area contributed by atoms with Crippen LogP contribution in [0.2, 0.25) is 0 Å². The molecular formula is C17H32N2O. The summed E-state index contributed by atoms with van der Waals surface area (Å²) in [6, 6.07) is 1.02. The minimum absolute atomic E-state index is 0.0135. The molecule has 0 aliphatic heterocycles. The highest BCUT2D eigenvalue weighted by Gasteiger charge is 2.31. The lowest BCUT2D eigenvalue weighted by molar-refractivity contribution is -0.118. The van der Waals surface area contributed by atoms with E-state index in [-0.39, 0.29) is 5.91 Å². The first kappa shape index (κ1) is 17.2. The van der Waals surface area contributed by atoms with Gasteiger partial charge in [-0.05, 0) is 58.0 Å². The van der Waals surface area contributed by atoms with Gasteiger partial charge in [-0.3, -0.25) is 4.79 Å². The first-order valence-corrected chi connectivity index (χ1v) is 8.19. The fraction of sp³-hybridized carbons (Fsp3) is 0.824. The van der Waals surface area contributed by atoms with Crippen LogP contribution in [0.25, 0.3) is 0 Å². The van der Waals surface area contributed by atoms with Gasteiger partial charge < -0.3 is 10.2 Å². The molecule has 1 rings (SSSR count). The quantitative estimate of drug-likeness (QED) is 0.725. The lowest BCUT2D eigenvalue weighted by Crippen LogP contribution is -2.48. The second-order valence-corrected chi connectivity index (χ2v) is 6.34. The lowest BCUT2D eigenvalue weighted by Gasteiger charge is -2.41. The summed E-state index contributed by atoms with van der Waals surface area (Å²) in [7, 11) is 0. The molecule has 0 saturated heterocycles. The van der Waals surface area contributed by atoms with E-state index in [2.05, 4.69) is 37.6 Å². The summed E-state index contributed by atoms with van der Waals surface area (Å²) in [6.45, 7) is 14.7. The van der Waals surface area contributed by atoms with Crippen LogP contribution in [0, 0.1) is 5.92 Å². The molecule has 0 bridgehead atoms. The van der Waals surface area contributed by atoms with Crippen LogP contribution in [0.1, 0.15) is 59.8 Å². The van der Waals surface area contributed by atoms with Gasteiger partial charge >= 0.3 is 0 Å². The summed E-state index contributed by atoms with van der Waals surface area (Å²) in [5.41, 5.74) is 0.610. The van der Waals surface area contributed by atoms with E-state index in [1.54, 1.807) is 6.92 Å². The van der Waals surface area contributed by atoms with Crippen LogP contribution >= 0.6 is 0 Å². The SMILES string of the molecule is C=C(C)C(=O)NC1CCC(N(CCC)CCC)C(C)C1. The van der Waals surface area contributed by atoms with E-state index in [9.17, 15) is 4.79 Å². The van der Waals surface area contributed by atoms with Gasteiger partial charge in [0.05, 0.1) is 0 Å². The third kappa shape index (κ3) is 4.93. The van der Waals surface area contributed by atoms with E-state index < -0.39 is 0 Å². The van der Waals surface area contributed by atoms with Crippen LogP contribution in [0.4, 0.5) is 0 Å². The van der Waals surface area contributed by atoms with E-state index in [1.807, 2.05) is 0 Å². The van der Waals surface area contributed by atoms with Gasteiger partial charge in [0.25, 0.3) is 0 Å². The zero-order valence-electron chi connectivity index (χ0n) is 13.7. The van der Waals surface area contributed by atoms with Crippen LogP contribution < -0.4 is 5.32 Å². The maximum absolute atomic E-state index is 11.7. The number of rotatable bonds is 7. The van der Waals surface area contributed by atoms with Crippen LogP contribution in [-0.4, -0.2) is 36.0 Å². The zero-order valence-corrected chi connectivity index (χ0v) is 13.7. The van der Waals surface area contributed by atoms with Gasteiger partial charge in [-0.25, -0.2) is 0 Å². The molecule has 20 heavy (non-hydrogen) atoms. The van der Waals surface area contributed by atoms with Crippen molar-refractivity contribution in [2.75, 3.05) is 13.1 Å². The third-order valence-corrected chi connectivity index (χ3v) is 4.34. The van der Waals surface area contributed by atoms with Crippen molar-refractivity contribution in [1.82, 2.24) is 10.2 Å². The van der Waals surface area contributed by atoms with Crippen molar-refractivity contribution in [2.24, 2.45) is 5.92 Å². The van der Waals surface area contributed by atoms with Gasteiger partial charge in [0.1, 0.15) is 0 Å². The Hall–Kier alpha value is -0.830. The maximum atomic E-state index is 11.7. The molecule has 116 valence electrons. The molecular weight excluding hydrogens is 248 g/mol. The molecule has 1 N–H and O–H groups in total. The normalized spacial score (nSPS) is 26.6. The molecule has 3 unspecified atom stereocenters. The molecule has 0 spiro atoms. The summed E-state index contributed by atoms with van der Waals surface area (Å²) in [6.07, 6.45) is 5.83. The van der Waals surface area contributed by atoms with Crippen LogP contribution in [0.15, 0.2) is 12.2 Å². The average Bonchev–Trinajstić information content (AvgIpc) is 2.38. The minimum Gasteiger partial charge on any atom is -0.350 e. The molecule has 0 aromatic heterocycles. The topological polar surface area (TPSA) is 32.3 Å². The Labute approximate surface area is 124 Å². The third-order valence-electron chi connectivity index (χ3n) is 4.34. The zero-order chi connectivity index (χ0) is 15.1. The fourth-order valence-electron chi connectivity index (χ4n) is 3.38. The van der Waals surface area contributed by atoms with E-state index in [4.69, 9.17) is 0 Å². The Bertz CT molecular complexity index is 321. The van der Waals surface area contributed by atoms with Gasteiger partial charge in [-0.2, -0.15) is 0 Å². The van der Waals surface area contributed by atoms with Crippen LogP contribution in [0.5, 0.6) is 0 Å². The van der Waals surface area contributed by atoms with Crippen molar-refractivity contribution in [3.63, 3.8) is 0 Å². The van der Waals surface area contributed by atoms with Gasteiger partial charge in [0.2, 0.25) is 5.91 Å². The van der Waals surface area contributed by atoms with Crippen molar-refractivity contribution in [2.45, 2.75) is 71.9 Å². The second-order valence-electron chi connectivity index (χ2n) is 6.34. The van der Waals surface area contributed by atoms with Crippen molar-refractivity contribution in [1.29, 1.82) is 0 Å². The van der Waals surface area contributed by atoms with Gasteiger partial charge in [0.15, 0.2) is 0 Å². The first-order chi connectivity index (χ1) is 9.49. The molecule has 1 aliphatic carbocycles. The first-order valence-electron chi connectivity index (χ1n) is 8.19. The summed E-state index contributed by atoms with van der Waals surface area (Å²) in [5.74, 6) is 0.664. The van der Waals surface area contributed by atoms with Crippen LogP contribution in [-0.2, 0) is 4.79 Å². The summed E-state index contributed by atoms with van der Waals surface area (Å²) < 4.78 is 0. The van der Waals surface area contributed by atoms with Gasteiger partial charge in [0, 0.05) is 17.7 Å². The fourth-order valence-corrected chi connectivity index (χ4v) is 3.38. The number of carbonyl (C=O) groups excluding carboxylic acids is 1. The maximum Gasteiger partial charge on any atom is 0.246 e. The highest BCUT2D eigenvalue weighted by molar-refractivity contribution is 5.92. The van der Waals surface area contributed by atoms with Crippen molar-refractivity contribution < 1.29 is 4.79 Å². The Kier molecular flexibility index (Phi) is 7.28. The predicted octanol–water partition coefficient (Wildman–Crippen LogP) is 3.36. The van der Waals surface area contributed by atoms with Crippen molar-refractivity contribution in [3.8, 4) is 0 Å². The number of hydrogen-bond acceptors (Lipinski definition) is 2. The number of nitrogens with one attached hydrogen (secondary N) is 1. The molecule has 1 fully saturated rings. The Morgan fingerprint density at radius 2 is 1.85 bits per heavy atom. The molecule has 1 amide bonds. The van der Waals surface area contributed by atoms with Gasteiger partial charge in [-0.15, -0.1) is 0 Å². The molecule has 0 aromatic rings. The molecule has 1 saturated carbocycles. The molecule has 3 nitrogen and oxygen atoms in total. The average molecular weight is 280 g/mol.